The van der Waals surface area contributed by atoms with E-state index in [4.69, 9.17) is 4.74 Å². The van der Waals surface area contributed by atoms with Gasteiger partial charge in [0.05, 0.1) is 7.11 Å². The maximum absolute atomic E-state index is 11.4. The second kappa shape index (κ2) is 5.39. The Labute approximate surface area is 96.2 Å². The van der Waals surface area contributed by atoms with E-state index in [9.17, 15) is 4.79 Å². The molecule has 0 atom stereocenters. The van der Waals surface area contributed by atoms with Gasteiger partial charge in [0.1, 0.15) is 5.75 Å². The van der Waals surface area contributed by atoms with Crippen LogP contribution in [0.15, 0.2) is 18.2 Å². The van der Waals surface area contributed by atoms with Crippen molar-refractivity contribution in [1.29, 1.82) is 0 Å². The van der Waals surface area contributed by atoms with Crippen LogP contribution in [-0.4, -0.2) is 27.2 Å². The minimum absolute atomic E-state index is 0.132. The highest BCUT2D eigenvalue weighted by Crippen LogP contribution is 2.24. The van der Waals surface area contributed by atoms with Gasteiger partial charge < -0.3 is 10.1 Å². The van der Waals surface area contributed by atoms with Gasteiger partial charge in [-0.3, -0.25) is 4.90 Å². The van der Waals surface area contributed by atoms with E-state index >= 15 is 0 Å². The first-order valence-corrected chi connectivity index (χ1v) is 5.26. The molecule has 0 spiro atoms. The van der Waals surface area contributed by atoms with Crippen LogP contribution >= 0.6 is 0 Å². The zero-order chi connectivity index (χ0) is 12.1. The minimum Gasteiger partial charge on any atom is -0.496 e. The van der Waals surface area contributed by atoms with E-state index < -0.39 is 0 Å². The van der Waals surface area contributed by atoms with Crippen molar-refractivity contribution in [3.8, 4) is 5.75 Å². The molecule has 0 unspecified atom stereocenters. The van der Waals surface area contributed by atoms with E-state index in [2.05, 4.69) is 12.2 Å². The zero-order valence-corrected chi connectivity index (χ0v) is 10.2. The largest absolute Gasteiger partial charge is 0.496 e. The first-order valence-electron chi connectivity index (χ1n) is 5.26. The third-order valence-electron chi connectivity index (χ3n) is 2.55. The lowest BCUT2D eigenvalue weighted by molar-refractivity contribution is 0.249. The van der Waals surface area contributed by atoms with Crippen molar-refractivity contribution in [2.75, 3.05) is 26.1 Å². The Kier molecular flexibility index (Phi) is 4.17. The summed E-state index contributed by atoms with van der Waals surface area (Å²) in [5.41, 5.74) is 1.95. The van der Waals surface area contributed by atoms with Crippen LogP contribution in [0.2, 0.25) is 0 Å². The fraction of sp³-hybridized carbons (Fsp3) is 0.417. The lowest BCUT2D eigenvalue weighted by Gasteiger charge is -2.18. The molecule has 0 heterocycles. The molecule has 0 bridgehead atoms. The van der Waals surface area contributed by atoms with Gasteiger partial charge in [0.15, 0.2) is 0 Å². The summed E-state index contributed by atoms with van der Waals surface area (Å²) in [6.07, 6.45) is 0.874. The van der Waals surface area contributed by atoms with Gasteiger partial charge in [0.2, 0.25) is 0 Å². The third kappa shape index (κ3) is 2.45. The first kappa shape index (κ1) is 12.4. The highest BCUT2D eigenvalue weighted by atomic mass is 16.5. The Morgan fingerprint density at radius 1 is 1.50 bits per heavy atom. The average Bonchev–Trinajstić information content (AvgIpc) is 2.35. The maximum Gasteiger partial charge on any atom is 0.321 e. The number of urea groups is 1. The number of aryl methyl sites for hydroxylation is 1. The molecule has 1 aromatic rings. The van der Waals surface area contributed by atoms with Crippen molar-refractivity contribution >= 4 is 11.7 Å². The quantitative estimate of drug-likeness (QED) is 0.850. The second-order valence-corrected chi connectivity index (χ2v) is 3.46. The minimum atomic E-state index is -0.132. The second-order valence-electron chi connectivity index (χ2n) is 3.46. The molecule has 1 rings (SSSR count). The van der Waals surface area contributed by atoms with Gasteiger partial charge in [0.25, 0.3) is 0 Å². The van der Waals surface area contributed by atoms with Crippen molar-refractivity contribution in [2.24, 2.45) is 0 Å². The highest BCUT2D eigenvalue weighted by molar-refractivity contribution is 5.91. The molecule has 0 saturated carbocycles. The summed E-state index contributed by atoms with van der Waals surface area (Å²) in [5, 5.41) is 2.59. The van der Waals surface area contributed by atoms with Gasteiger partial charge >= 0.3 is 6.03 Å². The number of hydrogen-bond donors (Lipinski definition) is 1. The monoisotopic (exact) mass is 222 g/mol. The summed E-state index contributed by atoms with van der Waals surface area (Å²) in [5.74, 6) is 0.858. The lowest BCUT2D eigenvalue weighted by Crippen LogP contribution is -2.34. The number of anilines is 1. The Balaban J connectivity index is 3.03. The highest BCUT2D eigenvalue weighted by Gasteiger charge is 2.10. The van der Waals surface area contributed by atoms with Crippen molar-refractivity contribution in [1.82, 2.24) is 5.32 Å². The molecule has 0 aliphatic rings. The van der Waals surface area contributed by atoms with Crippen LogP contribution in [0.1, 0.15) is 12.5 Å². The van der Waals surface area contributed by atoms with Gasteiger partial charge in [-0.2, -0.15) is 0 Å². The van der Waals surface area contributed by atoms with E-state index in [0.717, 1.165) is 23.4 Å². The van der Waals surface area contributed by atoms with Crippen LogP contribution in [0.5, 0.6) is 5.75 Å². The molecule has 4 heteroatoms. The molecule has 2 amide bonds. The van der Waals surface area contributed by atoms with Gasteiger partial charge in [-0.25, -0.2) is 4.79 Å². The molecule has 16 heavy (non-hydrogen) atoms. The number of hydrogen-bond acceptors (Lipinski definition) is 2. The predicted molar refractivity (Wildman–Crippen MR) is 65.2 cm³/mol. The molecule has 1 N–H and O–H groups in total. The summed E-state index contributed by atoms with van der Waals surface area (Å²) in [7, 11) is 5.00. The standard InChI is InChI=1S/C12H18N2O2/c1-5-9-8-10(6-7-11(9)16-4)14(3)12(15)13-2/h6-8H,5H2,1-4H3,(H,13,15). The maximum atomic E-state index is 11.4. The Morgan fingerprint density at radius 2 is 2.19 bits per heavy atom. The van der Waals surface area contributed by atoms with Crippen LogP contribution in [0, 0.1) is 0 Å². The number of benzene rings is 1. The number of carbonyl (C=O) groups is 1. The van der Waals surface area contributed by atoms with Gasteiger partial charge in [0, 0.05) is 19.8 Å². The Morgan fingerprint density at radius 3 is 2.69 bits per heavy atom. The number of amides is 2. The van der Waals surface area contributed by atoms with Gasteiger partial charge in [-0.15, -0.1) is 0 Å². The Bertz CT molecular complexity index is 377. The fourth-order valence-corrected chi connectivity index (χ4v) is 1.53. The molecule has 1 aromatic carbocycles. The number of nitrogens with zero attached hydrogens (tertiary/aromatic N) is 1. The first-order chi connectivity index (χ1) is 7.63. The van der Waals surface area contributed by atoms with Gasteiger partial charge in [-0.05, 0) is 30.2 Å². The molecular weight excluding hydrogens is 204 g/mol. The molecular formula is C12H18N2O2. The average molecular weight is 222 g/mol. The van der Waals surface area contributed by atoms with Crippen molar-refractivity contribution in [3.05, 3.63) is 23.8 Å². The molecule has 88 valence electrons. The smallest absolute Gasteiger partial charge is 0.321 e. The van der Waals surface area contributed by atoms with E-state index in [1.165, 1.54) is 0 Å². The summed E-state index contributed by atoms with van der Waals surface area (Å²) >= 11 is 0. The number of ether oxygens (including phenoxy) is 1. The van der Waals surface area contributed by atoms with Crippen molar-refractivity contribution in [2.45, 2.75) is 13.3 Å². The van der Waals surface area contributed by atoms with Crippen molar-refractivity contribution < 1.29 is 9.53 Å². The van der Waals surface area contributed by atoms with Crippen LogP contribution in [0.3, 0.4) is 0 Å². The fourth-order valence-electron chi connectivity index (χ4n) is 1.53. The molecule has 0 saturated heterocycles. The molecule has 0 aromatic heterocycles. The van der Waals surface area contributed by atoms with E-state index in [1.54, 1.807) is 26.1 Å². The van der Waals surface area contributed by atoms with Crippen LogP contribution in [0.4, 0.5) is 10.5 Å². The summed E-state index contributed by atoms with van der Waals surface area (Å²) < 4.78 is 5.24. The molecule has 0 radical (unpaired) electrons. The lowest BCUT2D eigenvalue weighted by atomic mass is 10.1. The zero-order valence-electron chi connectivity index (χ0n) is 10.2. The number of methoxy groups -OCH3 is 1. The Hall–Kier alpha value is -1.71. The predicted octanol–water partition coefficient (Wildman–Crippen LogP) is 2.03. The molecule has 0 aliphatic carbocycles. The third-order valence-corrected chi connectivity index (χ3v) is 2.55. The van der Waals surface area contributed by atoms with Crippen LogP contribution in [0.25, 0.3) is 0 Å². The molecule has 0 fully saturated rings. The van der Waals surface area contributed by atoms with Gasteiger partial charge in [-0.1, -0.05) is 6.92 Å². The topological polar surface area (TPSA) is 41.6 Å². The van der Waals surface area contributed by atoms with E-state index in [1.807, 2.05) is 18.2 Å². The number of nitrogens with one attached hydrogen (secondary N) is 1. The normalized spacial score (nSPS) is 9.75. The summed E-state index contributed by atoms with van der Waals surface area (Å²) in [6.45, 7) is 2.06. The van der Waals surface area contributed by atoms with E-state index in [0.29, 0.717) is 0 Å². The van der Waals surface area contributed by atoms with Crippen LogP contribution < -0.4 is 15.0 Å². The number of carbonyl (C=O) groups excluding carboxylic acids is 1. The van der Waals surface area contributed by atoms with E-state index in [-0.39, 0.29) is 6.03 Å². The van der Waals surface area contributed by atoms with Crippen molar-refractivity contribution in [3.63, 3.8) is 0 Å². The molecule has 0 aliphatic heterocycles. The number of rotatable bonds is 3. The molecule has 4 nitrogen and oxygen atoms in total. The SMILES string of the molecule is CCc1cc(N(C)C(=O)NC)ccc1OC. The summed E-state index contributed by atoms with van der Waals surface area (Å²) in [4.78, 5) is 13.0. The summed E-state index contributed by atoms with van der Waals surface area (Å²) in [6, 6.07) is 5.58. The van der Waals surface area contributed by atoms with Crippen LogP contribution in [-0.2, 0) is 6.42 Å².